The van der Waals surface area contributed by atoms with E-state index in [1.165, 1.54) is 11.1 Å². The SMILES string of the molecule is CCCc1cc(Cl)ccc1C1COc2ccc(C(=O)O)cc2N(C)C1. The lowest BCUT2D eigenvalue weighted by molar-refractivity contribution is 0.0697. The molecule has 1 unspecified atom stereocenters. The van der Waals surface area contributed by atoms with Crippen LogP contribution in [0.1, 0.15) is 40.7 Å². The van der Waals surface area contributed by atoms with E-state index in [2.05, 4.69) is 17.9 Å². The minimum absolute atomic E-state index is 0.199. The summed E-state index contributed by atoms with van der Waals surface area (Å²) in [6, 6.07) is 11.1. The molecule has 1 heterocycles. The quantitative estimate of drug-likeness (QED) is 0.866. The van der Waals surface area contributed by atoms with Gasteiger partial charge >= 0.3 is 5.97 Å². The fourth-order valence-corrected chi connectivity index (χ4v) is 3.58. The summed E-state index contributed by atoms with van der Waals surface area (Å²) in [5.41, 5.74) is 3.60. The van der Waals surface area contributed by atoms with E-state index in [0.29, 0.717) is 6.61 Å². The Hall–Kier alpha value is -2.20. The molecule has 0 saturated carbocycles. The van der Waals surface area contributed by atoms with Crippen molar-refractivity contribution in [1.82, 2.24) is 0 Å². The number of anilines is 1. The van der Waals surface area contributed by atoms with Crippen LogP contribution in [0, 0.1) is 0 Å². The molecule has 4 nitrogen and oxygen atoms in total. The van der Waals surface area contributed by atoms with Gasteiger partial charge in [-0.1, -0.05) is 31.0 Å². The van der Waals surface area contributed by atoms with Crippen molar-refractivity contribution in [3.8, 4) is 5.75 Å². The second-order valence-electron chi connectivity index (χ2n) is 6.47. The van der Waals surface area contributed by atoms with E-state index in [-0.39, 0.29) is 11.5 Å². The van der Waals surface area contributed by atoms with Gasteiger partial charge in [0.1, 0.15) is 5.75 Å². The van der Waals surface area contributed by atoms with E-state index >= 15 is 0 Å². The number of carboxylic acids is 1. The highest BCUT2D eigenvalue weighted by atomic mass is 35.5. The third kappa shape index (κ3) is 3.74. The van der Waals surface area contributed by atoms with Crippen LogP contribution in [0.3, 0.4) is 0 Å². The summed E-state index contributed by atoms with van der Waals surface area (Å²) in [4.78, 5) is 13.3. The summed E-state index contributed by atoms with van der Waals surface area (Å²) in [6.45, 7) is 3.47. The van der Waals surface area contributed by atoms with Crippen molar-refractivity contribution in [3.05, 3.63) is 58.1 Å². The molecular weight excluding hydrogens is 338 g/mol. The molecule has 0 amide bonds. The summed E-state index contributed by atoms with van der Waals surface area (Å²) in [6.07, 6.45) is 2.03. The number of carbonyl (C=O) groups is 1. The highest BCUT2D eigenvalue weighted by Gasteiger charge is 2.24. The number of rotatable bonds is 4. The fraction of sp³-hybridized carbons (Fsp3) is 0.350. The van der Waals surface area contributed by atoms with E-state index in [4.69, 9.17) is 16.3 Å². The van der Waals surface area contributed by atoms with Gasteiger partial charge in [0.15, 0.2) is 0 Å². The van der Waals surface area contributed by atoms with Crippen molar-refractivity contribution < 1.29 is 14.6 Å². The molecule has 25 heavy (non-hydrogen) atoms. The van der Waals surface area contributed by atoms with Crippen molar-refractivity contribution in [2.75, 3.05) is 25.1 Å². The van der Waals surface area contributed by atoms with Crippen LogP contribution in [0.2, 0.25) is 5.02 Å². The summed E-state index contributed by atoms with van der Waals surface area (Å²) in [5, 5.41) is 9.98. The maximum Gasteiger partial charge on any atom is 0.335 e. The molecule has 2 aromatic carbocycles. The van der Waals surface area contributed by atoms with Crippen LogP contribution in [0.4, 0.5) is 5.69 Å². The van der Waals surface area contributed by atoms with Crippen molar-refractivity contribution in [2.45, 2.75) is 25.7 Å². The zero-order chi connectivity index (χ0) is 18.0. The number of ether oxygens (including phenoxy) is 1. The maximum atomic E-state index is 11.2. The Morgan fingerprint density at radius 2 is 2.12 bits per heavy atom. The van der Waals surface area contributed by atoms with Gasteiger partial charge in [0.25, 0.3) is 0 Å². The second kappa shape index (κ2) is 7.36. The first-order valence-electron chi connectivity index (χ1n) is 8.49. The monoisotopic (exact) mass is 359 g/mol. The van der Waals surface area contributed by atoms with E-state index in [1.54, 1.807) is 18.2 Å². The van der Waals surface area contributed by atoms with Crippen molar-refractivity contribution in [2.24, 2.45) is 0 Å². The minimum Gasteiger partial charge on any atom is -0.491 e. The highest BCUT2D eigenvalue weighted by molar-refractivity contribution is 6.30. The lowest BCUT2D eigenvalue weighted by atomic mass is 9.92. The van der Waals surface area contributed by atoms with Crippen molar-refractivity contribution in [3.63, 3.8) is 0 Å². The molecule has 0 bridgehead atoms. The van der Waals surface area contributed by atoms with Gasteiger partial charge < -0.3 is 14.7 Å². The molecule has 0 fully saturated rings. The van der Waals surface area contributed by atoms with Crippen LogP contribution in [0.5, 0.6) is 5.75 Å². The molecule has 0 radical (unpaired) electrons. The molecule has 2 aromatic rings. The lowest BCUT2D eigenvalue weighted by Gasteiger charge is -2.24. The lowest BCUT2D eigenvalue weighted by Crippen LogP contribution is -2.25. The number of halogens is 1. The topological polar surface area (TPSA) is 49.8 Å². The van der Waals surface area contributed by atoms with Gasteiger partial charge in [-0.3, -0.25) is 0 Å². The van der Waals surface area contributed by atoms with Gasteiger partial charge in [0.05, 0.1) is 17.9 Å². The third-order valence-corrected chi connectivity index (χ3v) is 4.85. The Bertz CT molecular complexity index is 791. The summed E-state index contributed by atoms with van der Waals surface area (Å²) in [5.74, 6) is -0.00886. The average Bonchev–Trinajstić information content (AvgIpc) is 2.74. The van der Waals surface area contributed by atoms with E-state index in [9.17, 15) is 9.90 Å². The number of likely N-dealkylation sites (N-methyl/N-ethyl adjacent to an activating group) is 1. The van der Waals surface area contributed by atoms with Gasteiger partial charge in [-0.05, 0) is 47.9 Å². The Kier molecular flexibility index (Phi) is 5.19. The predicted octanol–water partition coefficient (Wildman–Crippen LogP) is 4.60. The van der Waals surface area contributed by atoms with Crippen LogP contribution < -0.4 is 9.64 Å². The molecule has 0 spiro atoms. The second-order valence-corrected chi connectivity index (χ2v) is 6.91. The van der Waals surface area contributed by atoms with Crippen LogP contribution >= 0.6 is 11.6 Å². The van der Waals surface area contributed by atoms with Gasteiger partial charge in [0.2, 0.25) is 0 Å². The van der Waals surface area contributed by atoms with E-state index in [0.717, 1.165) is 35.8 Å². The standard InChI is InChI=1S/C20H22ClNO3/c1-3-4-13-9-16(21)6-7-17(13)15-11-22(2)18-10-14(20(23)24)5-8-19(18)25-12-15/h5-10,15H,3-4,11-12H2,1-2H3,(H,23,24). The molecular formula is C20H22ClNO3. The van der Waals surface area contributed by atoms with E-state index < -0.39 is 5.97 Å². The smallest absolute Gasteiger partial charge is 0.335 e. The number of benzene rings is 2. The van der Waals surface area contributed by atoms with Crippen LogP contribution in [-0.4, -0.2) is 31.3 Å². The number of aromatic carboxylic acids is 1. The summed E-state index contributed by atoms with van der Waals surface area (Å²) < 4.78 is 6.02. The van der Waals surface area contributed by atoms with Crippen molar-refractivity contribution >= 4 is 23.3 Å². The molecule has 0 aliphatic carbocycles. The molecule has 3 rings (SSSR count). The number of carboxylic acid groups (broad SMARTS) is 1. The summed E-state index contributed by atoms with van der Waals surface area (Å²) in [7, 11) is 1.97. The molecule has 1 aliphatic heterocycles. The normalized spacial score (nSPS) is 16.8. The Labute approximate surface area is 153 Å². The number of fused-ring (bicyclic) bond motifs is 1. The van der Waals surface area contributed by atoms with Crippen molar-refractivity contribution in [1.29, 1.82) is 0 Å². The van der Waals surface area contributed by atoms with Crippen LogP contribution in [0.25, 0.3) is 0 Å². The highest BCUT2D eigenvalue weighted by Crippen LogP contribution is 2.36. The fourth-order valence-electron chi connectivity index (χ4n) is 3.39. The largest absolute Gasteiger partial charge is 0.491 e. The Balaban J connectivity index is 1.92. The van der Waals surface area contributed by atoms with Gasteiger partial charge in [0, 0.05) is 24.5 Å². The van der Waals surface area contributed by atoms with Crippen LogP contribution in [-0.2, 0) is 6.42 Å². The number of hydrogen-bond acceptors (Lipinski definition) is 3. The summed E-state index contributed by atoms with van der Waals surface area (Å²) >= 11 is 6.18. The zero-order valence-corrected chi connectivity index (χ0v) is 15.2. The molecule has 1 aliphatic rings. The van der Waals surface area contributed by atoms with Gasteiger partial charge in [-0.25, -0.2) is 4.79 Å². The molecule has 5 heteroatoms. The molecule has 1 N–H and O–H groups in total. The number of aryl methyl sites for hydroxylation is 1. The van der Waals surface area contributed by atoms with Crippen LogP contribution in [0.15, 0.2) is 36.4 Å². The predicted molar refractivity (Wildman–Crippen MR) is 100 cm³/mol. The first kappa shape index (κ1) is 17.6. The first-order chi connectivity index (χ1) is 12.0. The Morgan fingerprint density at radius 1 is 1.32 bits per heavy atom. The average molecular weight is 360 g/mol. The van der Waals surface area contributed by atoms with Gasteiger partial charge in [-0.15, -0.1) is 0 Å². The first-order valence-corrected chi connectivity index (χ1v) is 8.87. The zero-order valence-electron chi connectivity index (χ0n) is 14.5. The third-order valence-electron chi connectivity index (χ3n) is 4.62. The number of nitrogens with zero attached hydrogens (tertiary/aromatic N) is 1. The van der Waals surface area contributed by atoms with E-state index in [1.807, 2.05) is 19.2 Å². The molecule has 0 saturated heterocycles. The Morgan fingerprint density at radius 3 is 2.84 bits per heavy atom. The maximum absolute atomic E-state index is 11.2. The molecule has 0 aromatic heterocycles. The number of hydrogen-bond donors (Lipinski definition) is 1. The molecule has 132 valence electrons. The minimum atomic E-state index is -0.931. The molecule has 1 atom stereocenters. The van der Waals surface area contributed by atoms with Gasteiger partial charge in [-0.2, -0.15) is 0 Å².